The Balaban J connectivity index is 2.13. The maximum absolute atomic E-state index is 5.66. The molecule has 1 aromatic heterocycles. The predicted octanol–water partition coefficient (Wildman–Crippen LogP) is 4.84. The van der Waals surface area contributed by atoms with Crippen LogP contribution < -0.4 is 5.73 Å². The number of thioether (sulfide) groups is 1. The molecule has 114 valence electrons. The first-order valence-corrected chi connectivity index (χ1v) is 9.00. The van der Waals surface area contributed by atoms with Crippen LogP contribution in [0.4, 0.5) is 0 Å². The molecule has 0 atom stereocenters. The molecule has 0 saturated heterocycles. The first kappa shape index (κ1) is 15.2. The van der Waals surface area contributed by atoms with Gasteiger partial charge >= 0.3 is 0 Å². The van der Waals surface area contributed by atoms with E-state index in [-0.39, 0.29) is 0 Å². The number of benzene rings is 2. The van der Waals surface area contributed by atoms with E-state index in [4.69, 9.17) is 5.73 Å². The summed E-state index contributed by atoms with van der Waals surface area (Å²) in [5.41, 5.74) is 10.9. The van der Waals surface area contributed by atoms with Crippen molar-refractivity contribution in [2.45, 2.75) is 24.2 Å². The number of nitrogens with one attached hydrogen (secondary N) is 1. The van der Waals surface area contributed by atoms with Gasteiger partial charge in [-0.2, -0.15) is 0 Å². The number of fused-ring (bicyclic) bond motifs is 1. The van der Waals surface area contributed by atoms with Crippen molar-refractivity contribution in [3.63, 3.8) is 0 Å². The standard InChI is InChI=1S/C19H22N2S/c1-22-18-12-5-3-10-16(18)19-15(9-6-7-13-20)14-8-2-4-11-17(14)21-19/h2-5,8,10-12,21H,6-7,9,13,20H2,1H3. The minimum atomic E-state index is 0.763. The van der Waals surface area contributed by atoms with E-state index < -0.39 is 0 Å². The molecule has 0 radical (unpaired) electrons. The number of hydrogen-bond donors (Lipinski definition) is 2. The van der Waals surface area contributed by atoms with Gasteiger partial charge in [-0.3, -0.25) is 0 Å². The zero-order valence-electron chi connectivity index (χ0n) is 12.9. The second kappa shape index (κ2) is 7.03. The summed E-state index contributed by atoms with van der Waals surface area (Å²) in [7, 11) is 0. The highest BCUT2D eigenvalue weighted by Gasteiger charge is 2.14. The molecule has 3 N–H and O–H groups in total. The van der Waals surface area contributed by atoms with Crippen LogP contribution in [0.1, 0.15) is 18.4 Å². The largest absolute Gasteiger partial charge is 0.354 e. The third-order valence-electron chi connectivity index (χ3n) is 4.07. The number of H-pyrrole nitrogens is 1. The smallest absolute Gasteiger partial charge is 0.0508 e. The van der Waals surface area contributed by atoms with Gasteiger partial charge in [0.05, 0.1) is 5.69 Å². The molecule has 0 unspecified atom stereocenters. The number of nitrogens with two attached hydrogens (primary N) is 1. The summed E-state index contributed by atoms with van der Waals surface area (Å²) in [5, 5.41) is 1.34. The second-order valence-electron chi connectivity index (χ2n) is 5.47. The quantitative estimate of drug-likeness (QED) is 0.505. The van der Waals surface area contributed by atoms with Crippen molar-refractivity contribution in [3.8, 4) is 11.3 Å². The van der Waals surface area contributed by atoms with Gasteiger partial charge in [-0.1, -0.05) is 36.4 Å². The Hall–Kier alpha value is -1.71. The maximum atomic E-state index is 5.66. The number of hydrogen-bond acceptors (Lipinski definition) is 2. The fourth-order valence-electron chi connectivity index (χ4n) is 2.99. The van der Waals surface area contributed by atoms with Crippen LogP contribution >= 0.6 is 11.8 Å². The van der Waals surface area contributed by atoms with E-state index in [1.54, 1.807) is 11.8 Å². The van der Waals surface area contributed by atoms with Crippen LogP contribution in [0.15, 0.2) is 53.4 Å². The van der Waals surface area contributed by atoms with E-state index in [9.17, 15) is 0 Å². The summed E-state index contributed by atoms with van der Waals surface area (Å²) in [6, 6.07) is 17.2. The number of para-hydroxylation sites is 1. The van der Waals surface area contributed by atoms with Crippen molar-refractivity contribution < 1.29 is 0 Å². The summed E-state index contributed by atoms with van der Waals surface area (Å²) >= 11 is 1.80. The monoisotopic (exact) mass is 310 g/mol. The van der Waals surface area contributed by atoms with Crippen LogP contribution in [-0.4, -0.2) is 17.8 Å². The average Bonchev–Trinajstić information content (AvgIpc) is 2.94. The van der Waals surface area contributed by atoms with E-state index in [1.165, 1.54) is 32.6 Å². The Morgan fingerprint density at radius 3 is 2.59 bits per heavy atom. The molecule has 0 fully saturated rings. The van der Waals surface area contributed by atoms with E-state index >= 15 is 0 Å². The van der Waals surface area contributed by atoms with Crippen molar-refractivity contribution in [3.05, 3.63) is 54.1 Å². The van der Waals surface area contributed by atoms with Crippen molar-refractivity contribution in [2.75, 3.05) is 12.8 Å². The third-order valence-corrected chi connectivity index (χ3v) is 4.87. The van der Waals surface area contributed by atoms with Crippen LogP contribution in [0.3, 0.4) is 0 Å². The van der Waals surface area contributed by atoms with Gasteiger partial charge in [0.15, 0.2) is 0 Å². The molecular formula is C19H22N2S. The fraction of sp³-hybridized carbons (Fsp3) is 0.263. The Bertz CT molecular complexity index is 761. The fourth-order valence-corrected chi connectivity index (χ4v) is 3.59. The highest BCUT2D eigenvalue weighted by atomic mass is 32.2. The van der Waals surface area contributed by atoms with Gasteiger partial charge in [0.1, 0.15) is 0 Å². The van der Waals surface area contributed by atoms with Crippen LogP contribution in [0.25, 0.3) is 22.2 Å². The lowest BCUT2D eigenvalue weighted by Gasteiger charge is -2.09. The summed E-state index contributed by atoms with van der Waals surface area (Å²) < 4.78 is 0. The van der Waals surface area contributed by atoms with Gasteiger partial charge in [0.25, 0.3) is 0 Å². The SMILES string of the molecule is CSc1ccccc1-c1[nH]c2ccccc2c1CCCCN. The molecular weight excluding hydrogens is 288 g/mol. The molecule has 3 heteroatoms. The van der Waals surface area contributed by atoms with E-state index in [0.29, 0.717) is 0 Å². The Morgan fingerprint density at radius 1 is 1.00 bits per heavy atom. The van der Waals surface area contributed by atoms with Gasteiger partial charge in [-0.15, -0.1) is 11.8 Å². The van der Waals surface area contributed by atoms with Crippen LogP contribution in [0, 0.1) is 0 Å². The van der Waals surface area contributed by atoms with Crippen LogP contribution in [0.2, 0.25) is 0 Å². The molecule has 2 nitrogen and oxygen atoms in total. The summed E-state index contributed by atoms with van der Waals surface area (Å²) in [5.74, 6) is 0. The average molecular weight is 310 g/mol. The zero-order chi connectivity index (χ0) is 15.4. The molecule has 22 heavy (non-hydrogen) atoms. The van der Waals surface area contributed by atoms with Crippen molar-refractivity contribution >= 4 is 22.7 Å². The Morgan fingerprint density at radius 2 is 1.77 bits per heavy atom. The highest BCUT2D eigenvalue weighted by molar-refractivity contribution is 7.98. The summed E-state index contributed by atoms with van der Waals surface area (Å²) in [6.45, 7) is 0.763. The van der Waals surface area contributed by atoms with Gasteiger partial charge in [0, 0.05) is 21.4 Å². The van der Waals surface area contributed by atoms with E-state index in [2.05, 4.69) is 59.8 Å². The number of aromatic amines is 1. The number of aromatic nitrogens is 1. The van der Waals surface area contributed by atoms with E-state index in [0.717, 1.165) is 25.8 Å². The molecule has 1 heterocycles. The predicted molar refractivity (Wildman–Crippen MR) is 97.5 cm³/mol. The summed E-state index contributed by atoms with van der Waals surface area (Å²) in [4.78, 5) is 4.95. The minimum Gasteiger partial charge on any atom is -0.354 e. The van der Waals surface area contributed by atoms with Crippen LogP contribution in [-0.2, 0) is 6.42 Å². The molecule has 3 aromatic rings. The minimum absolute atomic E-state index is 0.763. The van der Waals surface area contributed by atoms with Gasteiger partial charge in [-0.25, -0.2) is 0 Å². The summed E-state index contributed by atoms with van der Waals surface area (Å²) in [6.07, 6.45) is 5.41. The third kappa shape index (κ3) is 2.92. The molecule has 0 bridgehead atoms. The van der Waals surface area contributed by atoms with Crippen molar-refractivity contribution in [2.24, 2.45) is 5.73 Å². The molecule has 0 aliphatic carbocycles. The Labute approximate surface area is 136 Å². The second-order valence-corrected chi connectivity index (χ2v) is 6.32. The first-order chi connectivity index (χ1) is 10.8. The number of rotatable bonds is 6. The topological polar surface area (TPSA) is 41.8 Å². The maximum Gasteiger partial charge on any atom is 0.0508 e. The molecule has 3 rings (SSSR count). The van der Waals surface area contributed by atoms with Crippen LogP contribution in [0.5, 0.6) is 0 Å². The molecule has 0 aliphatic rings. The number of unbranched alkanes of at least 4 members (excludes halogenated alkanes) is 1. The highest BCUT2D eigenvalue weighted by Crippen LogP contribution is 2.36. The van der Waals surface area contributed by atoms with Gasteiger partial charge < -0.3 is 10.7 Å². The van der Waals surface area contributed by atoms with Gasteiger partial charge in [-0.05, 0) is 49.8 Å². The lowest BCUT2D eigenvalue weighted by atomic mass is 10.0. The normalized spacial score (nSPS) is 11.2. The van der Waals surface area contributed by atoms with E-state index in [1.807, 2.05) is 0 Å². The molecule has 0 aliphatic heterocycles. The lowest BCUT2D eigenvalue weighted by molar-refractivity contribution is 0.748. The first-order valence-electron chi connectivity index (χ1n) is 7.78. The Kier molecular flexibility index (Phi) is 4.86. The molecule has 0 saturated carbocycles. The number of aryl methyl sites for hydroxylation is 1. The molecule has 2 aromatic carbocycles. The molecule has 0 amide bonds. The molecule has 0 spiro atoms. The van der Waals surface area contributed by atoms with Crippen molar-refractivity contribution in [1.29, 1.82) is 0 Å². The van der Waals surface area contributed by atoms with Gasteiger partial charge in [0.2, 0.25) is 0 Å². The van der Waals surface area contributed by atoms with Crippen molar-refractivity contribution in [1.82, 2.24) is 4.98 Å². The zero-order valence-corrected chi connectivity index (χ0v) is 13.7. The lowest BCUT2D eigenvalue weighted by Crippen LogP contribution is -1.99.